The van der Waals surface area contributed by atoms with E-state index in [1.54, 1.807) is 43.3 Å². The van der Waals surface area contributed by atoms with Crippen LogP contribution >= 0.6 is 0 Å². The number of carboxylic acids is 1. The zero-order valence-electron chi connectivity index (χ0n) is 32.4. The van der Waals surface area contributed by atoms with Crippen LogP contribution in [0.5, 0.6) is 0 Å². The van der Waals surface area contributed by atoms with E-state index in [1.807, 2.05) is 12.1 Å². The molecule has 0 fully saturated rings. The van der Waals surface area contributed by atoms with E-state index in [1.165, 1.54) is 18.2 Å². The van der Waals surface area contributed by atoms with E-state index in [4.69, 9.17) is 19.6 Å². The molecule has 3 N–H and O–H groups in total. The van der Waals surface area contributed by atoms with Crippen molar-refractivity contribution < 1.29 is 48.4 Å². The summed E-state index contributed by atoms with van der Waals surface area (Å²) in [6.45, 7) is 1.69. The van der Waals surface area contributed by atoms with E-state index in [0.717, 1.165) is 61.6 Å². The van der Waals surface area contributed by atoms with Crippen molar-refractivity contribution >= 4 is 63.1 Å². The number of ether oxygens (including phenoxy) is 1. The Morgan fingerprint density at radius 2 is 1.19 bits per heavy atom. The maximum Gasteiger partial charge on any atom is 0.337 e. The van der Waals surface area contributed by atoms with Crippen LogP contribution in [0.1, 0.15) is 110 Å². The lowest BCUT2D eigenvalue weighted by molar-refractivity contribution is -0.383. The van der Waals surface area contributed by atoms with Crippen LogP contribution in [0, 0.1) is 20.2 Å². The van der Waals surface area contributed by atoms with Gasteiger partial charge in [-0.3, -0.25) is 29.8 Å². The third-order valence-electron chi connectivity index (χ3n) is 9.01. The van der Waals surface area contributed by atoms with Crippen molar-refractivity contribution in [3.63, 3.8) is 0 Å². The van der Waals surface area contributed by atoms with Gasteiger partial charge in [-0.1, -0.05) is 66.2 Å². The molecule has 0 aliphatic carbocycles. The van der Waals surface area contributed by atoms with Gasteiger partial charge in [-0.15, -0.1) is 0 Å². The number of nitrogens with zero attached hydrogens (tertiary/aromatic N) is 6. The number of unbranched alkanes of at least 4 members (excludes halogenated alkanes) is 6. The second kappa shape index (κ2) is 27.8. The zero-order chi connectivity index (χ0) is 42.6. The number of hydrogen-bond donors (Lipinski definition) is 3. The maximum absolute atomic E-state index is 12.3. The minimum atomic E-state index is -0.777. The number of esters is 1. The molecule has 3 aromatic carbocycles. The fraction of sp³-hybridized carbons (Fsp3) is 0.419. The highest BCUT2D eigenvalue weighted by Crippen LogP contribution is 2.28. The summed E-state index contributed by atoms with van der Waals surface area (Å²) in [7, 11) is 0. The van der Waals surface area contributed by atoms with E-state index in [-0.39, 0.29) is 75.8 Å². The van der Waals surface area contributed by atoms with Gasteiger partial charge in [0, 0.05) is 30.7 Å². The van der Waals surface area contributed by atoms with Crippen LogP contribution in [-0.4, -0.2) is 71.7 Å². The third kappa shape index (κ3) is 16.3. The zero-order valence-corrected chi connectivity index (χ0v) is 32.4. The number of aliphatic hydroxyl groups is 1. The van der Waals surface area contributed by atoms with Gasteiger partial charge in [-0.05, 0) is 119 Å². The van der Waals surface area contributed by atoms with Crippen molar-refractivity contribution in [2.75, 3.05) is 18.5 Å². The summed E-state index contributed by atoms with van der Waals surface area (Å²) in [4.78, 5) is 55.5. The number of fused-ring (bicyclic) bond motifs is 2. The number of carbonyl (C=O) groups is 3. The maximum atomic E-state index is 12.3. The smallest absolute Gasteiger partial charge is 0.337 e. The van der Waals surface area contributed by atoms with Gasteiger partial charge in [-0.2, -0.15) is 0 Å². The van der Waals surface area contributed by atoms with E-state index in [9.17, 15) is 34.6 Å². The Balaban J connectivity index is 0.000000683. The minimum absolute atomic E-state index is 0. The number of aromatic nitrogens is 4. The van der Waals surface area contributed by atoms with Crippen molar-refractivity contribution in [1.29, 1.82) is 0 Å². The fourth-order valence-electron chi connectivity index (χ4n) is 6.03. The number of amides is 1. The highest BCUT2D eigenvalue weighted by atomic mass is 16.6. The first kappa shape index (κ1) is 53.1. The first-order chi connectivity index (χ1) is 28.5. The number of nitrogens with one attached hydrogen (secondary N) is 1. The molecule has 336 valence electrons. The molecule has 5 aromatic rings. The molecule has 62 heavy (non-hydrogen) atoms. The molecule has 0 aliphatic heterocycles. The average Bonchev–Trinajstić information content (AvgIpc) is 3.91. The molecule has 5 rings (SSSR count). The molecule has 2 heterocycles. The Kier molecular flexibility index (Phi) is 23.8. The van der Waals surface area contributed by atoms with Crippen LogP contribution in [0.25, 0.3) is 28.1 Å². The van der Waals surface area contributed by atoms with Crippen molar-refractivity contribution in [3.8, 4) is 0 Å². The van der Waals surface area contributed by atoms with Gasteiger partial charge in [0.05, 0.1) is 28.6 Å². The topological polar surface area (TPSA) is 277 Å². The molecule has 0 unspecified atom stereocenters. The lowest BCUT2D eigenvalue weighted by atomic mass is 10.0. The van der Waals surface area contributed by atoms with Gasteiger partial charge >= 0.3 is 23.3 Å². The first-order valence-corrected chi connectivity index (χ1v) is 19.1. The van der Waals surface area contributed by atoms with E-state index < -0.39 is 21.8 Å². The normalized spacial score (nSPS) is 10.8. The number of rotatable bonds is 22. The number of non-ortho nitro benzene ring substituents is 2. The number of carboxylic acid groups (broad SMARTS) is 1. The Morgan fingerprint density at radius 1 is 0.710 bits per heavy atom. The molecule has 19 heteroatoms. The number of nitro benzene ring substituents is 2. The molecule has 2 aromatic heterocycles. The molecular formula is C43H57N7O12. The van der Waals surface area contributed by atoms with Crippen molar-refractivity contribution in [2.24, 2.45) is 0 Å². The molecule has 0 radical (unpaired) electrons. The Labute approximate surface area is 359 Å². The highest BCUT2D eigenvalue weighted by molar-refractivity contribution is 5.93. The molecule has 0 atom stereocenters. The minimum Gasteiger partial charge on any atom is -0.481 e. The predicted molar refractivity (Wildman–Crippen MR) is 234 cm³/mol. The summed E-state index contributed by atoms with van der Waals surface area (Å²) in [5, 5.41) is 57.2. The van der Waals surface area contributed by atoms with Crippen molar-refractivity contribution in [2.45, 2.75) is 106 Å². The van der Waals surface area contributed by atoms with Gasteiger partial charge < -0.3 is 20.3 Å². The number of benzene rings is 3. The Bertz CT molecular complexity index is 2270. The quantitative estimate of drug-likeness (QED) is 0.0146. The lowest BCUT2D eigenvalue weighted by Crippen LogP contribution is -2.10. The third-order valence-corrected chi connectivity index (χ3v) is 9.01. The number of anilines is 1. The van der Waals surface area contributed by atoms with Crippen LogP contribution in [0.4, 0.5) is 17.1 Å². The number of aryl methyl sites for hydroxylation is 2. The summed E-state index contributed by atoms with van der Waals surface area (Å²) in [5.74, 6) is -1.35. The summed E-state index contributed by atoms with van der Waals surface area (Å²) in [6, 6.07) is 13.4. The van der Waals surface area contributed by atoms with Gasteiger partial charge in [0.1, 0.15) is 11.0 Å². The molecule has 0 spiro atoms. The molecule has 0 bridgehead atoms. The van der Waals surface area contributed by atoms with Gasteiger partial charge in [-0.25, -0.2) is 14.1 Å². The van der Waals surface area contributed by atoms with Crippen LogP contribution in [0.15, 0.2) is 75.5 Å². The number of aliphatic carboxylic acids is 1. The molecular weight excluding hydrogens is 807 g/mol. The van der Waals surface area contributed by atoms with E-state index >= 15 is 0 Å². The van der Waals surface area contributed by atoms with Gasteiger partial charge in [0.15, 0.2) is 0 Å². The van der Waals surface area contributed by atoms with Crippen molar-refractivity contribution in [3.05, 3.63) is 103 Å². The van der Waals surface area contributed by atoms with E-state index in [0.29, 0.717) is 42.4 Å². The summed E-state index contributed by atoms with van der Waals surface area (Å²) in [5.41, 5.74) is 4.40. The molecule has 0 saturated heterocycles. The first-order valence-electron chi connectivity index (χ1n) is 19.1. The summed E-state index contributed by atoms with van der Waals surface area (Å²) < 4.78 is 14.2. The second-order valence-corrected chi connectivity index (χ2v) is 13.2. The number of hydrogen-bond acceptors (Lipinski definition) is 15. The highest BCUT2D eigenvalue weighted by Gasteiger charge is 2.20. The number of aliphatic hydroxyl groups excluding tert-OH is 1. The second-order valence-electron chi connectivity index (χ2n) is 13.2. The van der Waals surface area contributed by atoms with Crippen LogP contribution in [0.3, 0.4) is 0 Å². The van der Waals surface area contributed by atoms with Gasteiger partial charge in [0.25, 0.3) is 0 Å². The number of carbonyl (C=O) groups excluding carboxylic acids is 2. The van der Waals surface area contributed by atoms with Crippen LogP contribution < -0.4 is 5.32 Å². The van der Waals surface area contributed by atoms with E-state index in [2.05, 4.69) is 30.6 Å². The molecule has 1 amide bonds. The molecule has 19 nitrogen and oxygen atoms in total. The van der Waals surface area contributed by atoms with Crippen molar-refractivity contribution in [1.82, 2.24) is 20.6 Å². The lowest BCUT2D eigenvalue weighted by Gasteiger charge is -2.06. The predicted octanol–water partition coefficient (Wildman–Crippen LogP) is 9.37. The Hall–Kier alpha value is -6.89. The monoisotopic (exact) mass is 863 g/mol. The Morgan fingerprint density at radius 3 is 1.66 bits per heavy atom. The fourth-order valence-corrected chi connectivity index (χ4v) is 6.03. The number of nitro groups is 2. The standard InChI is InChI=1S/C27H30N4O7.C13H15N3O5.3CH4/c1-2-37-27(34)21(17-18-32)12-9-19-10-14-22(15-11-19)28-24(33)8-6-4-3-5-7-20-13-16-23(31(35)36)26-25(20)29-38-30-26;17-11(18)6-4-2-1-3-5-9-7-8-10(16(19)20)13-12(9)14-21-15-13;;;/h9-17,32H,2-8,18H2,1H3,(H,28,33);7-8H,1-6H2,(H,17,18);3*1H4/b12-9+,21-17+;;;;. The van der Waals surface area contributed by atoms with Gasteiger partial charge in [0.2, 0.25) is 16.9 Å². The molecule has 0 aliphatic rings. The van der Waals surface area contributed by atoms with Crippen LogP contribution in [-0.2, 0) is 32.0 Å². The average molecular weight is 864 g/mol. The summed E-state index contributed by atoms with van der Waals surface area (Å²) >= 11 is 0. The van der Waals surface area contributed by atoms with Crippen LogP contribution in [0.2, 0.25) is 0 Å². The molecule has 0 saturated carbocycles. The summed E-state index contributed by atoms with van der Waals surface area (Å²) in [6.07, 6.45) is 13.3. The SMILES string of the molecule is C.C.C.CCOC(=O)C(/C=C/c1ccc(NC(=O)CCCCCCc2ccc([N+](=O)[O-])c3nonc23)cc1)=C/CO.O=C(O)CCCCCCc1ccc([N+](=O)[O-])c2nonc12. The largest absolute Gasteiger partial charge is 0.481 e.